The van der Waals surface area contributed by atoms with Crippen molar-refractivity contribution in [3.8, 4) is 5.75 Å². The molecular formula is C19H21NO5S. The Hall–Kier alpha value is -2.38. The summed E-state index contributed by atoms with van der Waals surface area (Å²) in [5, 5.41) is 12.8. The van der Waals surface area contributed by atoms with Crippen molar-refractivity contribution < 1.29 is 24.2 Å². The summed E-state index contributed by atoms with van der Waals surface area (Å²) in [6, 6.07) is 5.52. The number of hydrogen-bond acceptors (Lipinski definition) is 5. The molecule has 1 amide bonds. The summed E-state index contributed by atoms with van der Waals surface area (Å²) in [5.74, 6) is -0.566. The third kappa shape index (κ3) is 4.05. The number of thiophene rings is 1. The molecule has 1 unspecified atom stereocenters. The van der Waals surface area contributed by atoms with E-state index in [0.29, 0.717) is 31.0 Å². The second kappa shape index (κ2) is 7.88. The zero-order valence-electron chi connectivity index (χ0n) is 14.7. The largest absolute Gasteiger partial charge is 0.481 e. The van der Waals surface area contributed by atoms with E-state index in [0.717, 1.165) is 16.7 Å². The zero-order chi connectivity index (χ0) is 18.7. The summed E-state index contributed by atoms with van der Waals surface area (Å²) in [7, 11) is 0. The van der Waals surface area contributed by atoms with E-state index >= 15 is 0 Å². The minimum atomic E-state index is -1.03. The van der Waals surface area contributed by atoms with E-state index in [1.54, 1.807) is 28.4 Å². The van der Waals surface area contributed by atoms with Gasteiger partial charge in [-0.15, -0.1) is 0 Å². The number of amides is 1. The second-order valence-corrected chi connectivity index (χ2v) is 7.07. The number of carbonyl (C=O) groups is 2. The quantitative estimate of drug-likeness (QED) is 0.869. The molecule has 1 N–H and O–H groups in total. The van der Waals surface area contributed by atoms with E-state index in [2.05, 4.69) is 0 Å². The number of morpholine rings is 1. The summed E-state index contributed by atoms with van der Waals surface area (Å²) < 4.78 is 11.1. The fraction of sp³-hybridized carbons (Fsp3) is 0.368. The molecule has 0 radical (unpaired) electrons. The summed E-state index contributed by atoms with van der Waals surface area (Å²) >= 11 is 1.61. The molecule has 2 heterocycles. The average molecular weight is 375 g/mol. The van der Waals surface area contributed by atoms with Gasteiger partial charge in [0.2, 0.25) is 0 Å². The lowest BCUT2D eigenvalue weighted by Gasteiger charge is -2.33. The summed E-state index contributed by atoms with van der Waals surface area (Å²) in [5.41, 5.74) is 3.17. The maximum Gasteiger partial charge on any atom is 0.341 e. The van der Waals surface area contributed by atoms with Gasteiger partial charge in [-0.05, 0) is 59.5 Å². The molecule has 1 aliphatic rings. The number of ether oxygens (including phenoxy) is 2. The summed E-state index contributed by atoms with van der Waals surface area (Å²) in [6.07, 6.45) is -0.0979. The van der Waals surface area contributed by atoms with Gasteiger partial charge in [0.05, 0.1) is 13.2 Å². The van der Waals surface area contributed by atoms with E-state index in [-0.39, 0.29) is 12.0 Å². The number of hydrogen-bond donors (Lipinski definition) is 1. The third-order valence-electron chi connectivity index (χ3n) is 4.32. The third-order valence-corrected chi connectivity index (χ3v) is 5.02. The number of aryl methyl sites for hydroxylation is 2. The highest BCUT2D eigenvalue weighted by molar-refractivity contribution is 7.07. The van der Waals surface area contributed by atoms with Gasteiger partial charge in [-0.25, -0.2) is 4.79 Å². The lowest BCUT2D eigenvalue weighted by molar-refractivity contribution is -0.139. The smallest absolute Gasteiger partial charge is 0.341 e. The van der Waals surface area contributed by atoms with E-state index in [9.17, 15) is 9.59 Å². The molecule has 3 rings (SSSR count). The molecule has 1 atom stereocenters. The van der Waals surface area contributed by atoms with Crippen LogP contribution in [0.4, 0.5) is 0 Å². The SMILES string of the molecule is Cc1cc(C(=O)N2CCOC(c3ccsc3)C2)cc(C)c1OCC(=O)O. The van der Waals surface area contributed by atoms with E-state index in [1.807, 2.05) is 30.7 Å². The number of benzene rings is 1. The molecule has 6 nitrogen and oxygen atoms in total. The lowest BCUT2D eigenvalue weighted by Crippen LogP contribution is -2.42. The van der Waals surface area contributed by atoms with Crippen LogP contribution in [0.2, 0.25) is 0 Å². The predicted octanol–water partition coefficient (Wildman–Crippen LogP) is 3.04. The number of carboxylic acids is 1. The number of nitrogens with zero attached hydrogens (tertiary/aromatic N) is 1. The van der Waals surface area contributed by atoms with Crippen molar-refractivity contribution in [2.24, 2.45) is 0 Å². The molecular weight excluding hydrogens is 354 g/mol. The maximum absolute atomic E-state index is 12.9. The zero-order valence-corrected chi connectivity index (χ0v) is 15.5. The highest BCUT2D eigenvalue weighted by Crippen LogP contribution is 2.28. The number of aliphatic carboxylic acids is 1. The Morgan fingerprint density at radius 1 is 1.35 bits per heavy atom. The second-order valence-electron chi connectivity index (χ2n) is 6.29. The van der Waals surface area contributed by atoms with Crippen molar-refractivity contribution in [3.63, 3.8) is 0 Å². The molecule has 0 saturated carbocycles. The molecule has 26 heavy (non-hydrogen) atoms. The normalized spacial score (nSPS) is 17.2. The topological polar surface area (TPSA) is 76.1 Å². The molecule has 1 fully saturated rings. The number of rotatable bonds is 5. The molecule has 1 aromatic carbocycles. The van der Waals surface area contributed by atoms with Crippen molar-refractivity contribution in [1.29, 1.82) is 0 Å². The fourth-order valence-corrected chi connectivity index (χ4v) is 3.81. The maximum atomic E-state index is 12.9. The molecule has 1 saturated heterocycles. The van der Waals surface area contributed by atoms with Crippen LogP contribution in [0, 0.1) is 13.8 Å². The highest BCUT2D eigenvalue weighted by atomic mass is 32.1. The Bertz CT molecular complexity index is 779. The summed E-state index contributed by atoms with van der Waals surface area (Å²) in [6.45, 7) is 4.80. The molecule has 2 aromatic rings. The van der Waals surface area contributed by atoms with Crippen LogP contribution in [-0.4, -0.2) is 48.2 Å². The van der Waals surface area contributed by atoms with Gasteiger partial charge in [0, 0.05) is 12.1 Å². The minimum Gasteiger partial charge on any atom is -0.481 e. The van der Waals surface area contributed by atoms with Crippen molar-refractivity contribution in [2.75, 3.05) is 26.3 Å². The molecule has 138 valence electrons. The van der Waals surface area contributed by atoms with Crippen molar-refractivity contribution in [3.05, 3.63) is 51.2 Å². The molecule has 0 bridgehead atoms. The van der Waals surface area contributed by atoms with Gasteiger partial charge in [0.25, 0.3) is 5.91 Å². The highest BCUT2D eigenvalue weighted by Gasteiger charge is 2.27. The van der Waals surface area contributed by atoms with Crippen molar-refractivity contribution in [1.82, 2.24) is 4.90 Å². The van der Waals surface area contributed by atoms with Crippen LogP contribution in [0.1, 0.15) is 33.2 Å². The van der Waals surface area contributed by atoms with Crippen LogP contribution in [0.25, 0.3) is 0 Å². The predicted molar refractivity (Wildman–Crippen MR) is 98.0 cm³/mol. The Balaban J connectivity index is 1.76. The summed E-state index contributed by atoms with van der Waals surface area (Å²) in [4.78, 5) is 25.4. The molecule has 0 aliphatic carbocycles. The molecule has 1 aromatic heterocycles. The standard InChI is InChI=1S/C19H21NO5S/c1-12-7-15(8-13(2)18(12)25-10-17(21)22)19(23)20-4-5-24-16(9-20)14-3-6-26-11-14/h3,6-8,11,16H,4-5,9-10H2,1-2H3,(H,21,22). The van der Waals surface area contributed by atoms with Gasteiger partial charge in [0.15, 0.2) is 6.61 Å². The van der Waals surface area contributed by atoms with Crippen molar-refractivity contribution >= 4 is 23.2 Å². The van der Waals surface area contributed by atoms with Gasteiger partial charge >= 0.3 is 5.97 Å². The Morgan fingerprint density at radius 2 is 2.08 bits per heavy atom. The van der Waals surface area contributed by atoms with Gasteiger partial charge in [-0.2, -0.15) is 11.3 Å². The minimum absolute atomic E-state index is 0.0514. The number of carbonyl (C=O) groups excluding carboxylic acids is 1. The van der Waals surface area contributed by atoms with Crippen molar-refractivity contribution in [2.45, 2.75) is 20.0 Å². The van der Waals surface area contributed by atoms with Crippen LogP contribution >= 0.6 is 11.3 Å². The first-order chi connectivity index (χ1) is 12.5. The van der Waals surface area contributed by atoms with Crippen LogP contribution in [-0.2, 0) is 9.53 Å². The number of carboxylic acid groups (broad SMARTS) is 1. The molecule has 7 heteroatoms. The average Bonchev–Trinajstić information content (AvgIpc) is 3.15. The Morgan fingerprint density at radius 3 is 2.69 bits per heavy atom. The van der Waals surface area contributed by atoms with Crippen LogP contribution in [0.15, 0.2) is 29.0 Å². The Labute approximate surface area is 156 Å². The lowest BCUT2D eigenvalue weighted by atomic mass is 10.0. The first-order valence-corrected chi connectivity index (χ1v) is 9.29. The molecule has 1 aliphatic heterocycles. The van der Waals surface area contributed by atoms with E-state index < -0.39 is 12.6 Å². The monoisotopic (exact) mass is 375 g/mol. The van der Waals surface area contributed by atoms with Crippen LogP contribution < -0.4 is 4.74 Å². The first-order valence-electron chi connectivity index (χ1n) is 8.34. The Kier molecular flexibility index (Phi) is 5.58. The fourth-order valence-electron chi connectivity index (χ4n) is 3.11. The van der Waals surface area contributed by atoms with Gasteiger partial charge < -0.3 is 19.5 Å². The van der Waals surface area contributed by atoms with E-state index in [4.69, 9.17) is 14.6 Å². The van der Waals surface area contributed by atoms with Crippen LogP contribution in [0.5, 0.6) is 5.75 Å². The van der Waals surface area contributed by atoms with Gasteiger partial charge in [-0.3, -0.25) is 4.79 Å². The van der Waals surface area contributed by atoms with E-state index in [1.165, 1.54) is 0 Å². The van der Waals surface area contributed by atoms with Gasteiger partial charge in [0.1, 0.15) is 11.9 Å². The molecule has 0 spiro atoms. The first kappa shape index (κ1) is 18.4. The van der Waals surface area contributed by atoms with Gasteiger partial charge in [-0.1, -0.05) is 0 Å². The van der Waals surface area contributed by atoms with Crippen LogP contribution in [0.3, 0.4) is 0 Å².